The van der Waals surface area contributed by atoms with Gasteiger partial charge in [0.25, 0.3) is 5.91 Å². The van der Waals surface area contributed by atoms with E-state index in [9.17, 15) is 4.79 Å². The summed E-state index contributed by atoms with van der Waals surface area (Å²) in [6.07, 6.45) is 2.51. The molecule has 118 valence electrons. The second-order valence-electron chi connectivity index (χ2n) is 5.51. The van der Waals surface area contributed by atoms with Crippen LogP contribution in [0.1, 0.15) is 54.3 Å². The summed E-state index contributed by atoms with van der Waals surface area (Å²) in [5.41, 5.74) is 3.01. The number of nitrogens with zero attached hydrogens (tertiary/aromatic N) is 4. The zero-order valence-corrected chi connectivity index (χ0v) is 13.0. The van der Waals surface area contributed by atoms with Gasteiger partial charge in [0.2, 0.25) is 0 Å². The summed E-state index contributed by atoms with van der Waals surface area (Å²) < 4.78 is 7.45. The number of ether oxygens (including phenoxy) is 1. The van der Waals surface area contributed by atoms with Gasteiger partial charge in [-0.1, -0.05) is 5.21 Å². The predicted octanol–water partition coefficient (Wildman–Crippen LogP) is 0.973. The molecule has 0 aliphatic carbocycles. The highest BCUT2D eigenvalue weighted by atomic mass is 16.5. The van der Waals surface area contributed by atoms with Crippen molar-refractivity contribution >= 4 is 5.91 Å². The number of rotatable bonds is 4. The molecule has 2 aromatic rings. The van der Waals surface area contributed by atoms with E-state index < -0.39 is 0 Å². The van der Waals surface area contributed by atoms with E-state index in [1.807, 2.05) is 27.0 Å². The van der Waals surface area contributed by atoms with E-state index in [1.165, 1.54) is 0 Å². The average molecular weight is 304 g/mol. The van der Waals surface area contributed by atoms with Gasteiger partial charge in [-0.2, -0.15) is 5.10 Å². The summed E-state index contributed by atoms with van der Waals surface area (Å²) in [6, 6.07) is 0. The number of carbonyl (C=O) groups excluding carboxylic acids is 1. The summed E-state index contributed by atoms with van der Waals surface area (Å²) in [4.78, 5) is 12.4. The van der Waals surface area contributed by atoms with E-state index in [0.29, 0.717) is 18.7 Å². The SMILES string of the molecule is CCn1cc(CNC(=O)c2n[nH]c3c2C[C@H](C)O[C@@H]3C)nn1. The van der Waals surface area contributed by atoms with E-state index >= 15 is 0 Å². The standard InChI is InChI=1S/C14H20N6O2/c1-4-20-7-10(16-19-20)6-15-14(21)13-11-5-8(2)22-9(3)12(11)17-18-13/h7-9H,4-6H2,1-3H3,(H,15,21)(H,17,18)/t8-,9+/m0/s1. The Morgan fingerprint density at radius 2 is 2.36 bits per heavy atom. The first-order valence-corrected chi connectivity index (χ1v) is 7.48. The van der Waals surface area contributed by atoms with Crippen LogP contribution in [0.25, 0.3) is 0 Å². The number of amides is 1. The Hall–Kier alpha value is -2.22. The third-order valence-electron chi connectivity index (χ3n) is 3.79. The van der Waals surface area contributed by atoms with Crippen LogP contribution in [0.4, 0.5) is 0 Å². The van der Waals surface area contributed by atoms with Crippen LogP contribution in [0.15, 0.2) is 6.20 Å². The third kappa shape index (κ3) is 2.74. The normalized spacial score (nSPS) is 20.7. The smallest absolute Gasteiger partial charge is 0.272 e. The monoisotopic (exact) mass is 304 g/mol. The van der Waals surface area contributed by atoms with Gasteiger partial charge in [0.05, 0.1) is 30.6 Å². The molecule has 0 unspecified atom stereocenters. The van der Waals surface area contributed by atoms with E-state index in [0.717, 1.165) is 23.5 Å². The molecule has 0 saturated heterocycles. The van der Waals surface area contributed by atoms with Crippen molar-refractivity contribution in [1.29, 1.82) is 0 Å². The van der Waals surface area contributed by atoms with Crippen molar-refractivity contribution in [2.24, 2.45) is 0 Å². The number of carbonyl (C=O) groups is 1. The van der Waals surface area contributed by atoms with Crippen LogP contribution in [0, 0.1) is 0 Å². The summed E-state index contributed by atoms with van der Waals surface area (Å²) in [5.74, 6) is -0.204. The van der Waals surface area contributed by atoms with Gasteiger partial charge >= 0.3 is 0 Å². The van der Waals surface area contributed by atoms with Gasteiger partial charge in [-0.25, -0.2) is 0 Å². The number of aromatic nitrogens is 5. The third-order valence-corrected chi connectivity index (χ3v) is 3.79. The largest absolute Gasteiger partial charge is 0.369 e. The molecule has 2 aromatic heterocycles. The van der Waals surface area contributed by atoms with Crippen molar-refractivity contribution in [2.75, 3.05) is 0 Å². The predicted molar refractivity (Wildman–Crippen MR) is 78.1 cm³/mol. The van der Waals surface area contributed by atoms with E-state index in [-0.39, 0.29) is 18.1 Å². The molecule has 0 radical (unpaired) electrons. The minimum Gasteiger partial charge on any atom is -0.369 e. The Kier molecular flexibility index (Phi) is 3.93. The van der Waals surface area contributed by atoms with Crippen LogP contribution in [0.3, 0.4) is 0 Å². The molecule has 8 heteroatoms. The number of hydrogen-bond acceptors (Lipinski definition) is 5. The second-order valence-corrected chi connectivity index (χ2v) is 5.51. The molecule has 2 N–H and O–H groups in total. The van der Waals surface area contributed by atoms with Gasteiger partial charge in [0, 0.05) is 18.5 Å². The van der Waals surface area contributed by atoms with Gasteiger partial charge in [-0.05, 0) is 20.8 Å². The van der Waals surface area contributed by atoms with Crippen molar-refractivity contribution in [3.63, 3.8) is 0 Å². The average Bonchev–Trinajstić information content (AvgIpc) is 3.11. The molecule has 22 heavy (non-hydrogen) atoms. The Bertz CT molecular complexity index is 677. The molecule has 0 aromatic carbocycles. The highest BCUT2D eigenvalue weighted by Gasteiger charge is 2.29. The maximum atomic E-state index is 12.4. The van der Waals surface area contributed by atoms with Crippen LogP contribution in [-0.4, -0.2) is 37.2 Å². The zero-order chi connectivity index (χ0) is 15.7. The minimum absolute atomic E-state index is 0.0720. The number of aryl methyl sites for hydroxylation is 1. The molecule has 1 aliphatic rings. The Morgan fingerprint density at radius 3 is 3.09 bits per heavy atom. The molecule has 1 amide bonds. The maximum absolute atomic E-state index is 12.4. The summed E-state index contributed by atoms with van der Waals surface area (Å²) in [6.45, 7) is 7.03. The van der Waals surface area contributed by atoms with Crippen molar-refractivity contribution in [3.8, 4) is 0 Å². The van der Waals surface area contributed by atoms with Gasteiger partial charge in [-0.15, -0.1) is 5.10 Å². The highest BCUT2D eigenvalue weighted by Crippen LogP contribution is 2.29. The van der Waals surface area contributed by atoms with Crippen LogP contribution in [0.2, 0.25) is 0 Å². The molecule has 3 heterocycles. The van der Waals surface area contributed by atoms with E-state index in [1.54, 1.807) is 4.68 Å². The van der Waals surface area contributed by atoms with Crippen LogP contribution < -0.4 is 5.32 Å². The Balaban J connectivity index is 1.70. The van der Waals surface area contributed by atoms with Crippen molar-refractivity contribution in [2.45, 2.75) is 52.5 Å². The fourth-order valence-corrected chi connectivity index (χ4v) is 2.69. The quantitative estimate of drug-likeness (QED) is 0.877. The minimum atomic E-state index is -0.204. The number of fused-ring (bicyclic) bond motifs is 1. The lowest BCUT2D eigenvalue weighted by Gasteiger charge is -2.25. The van der Waals surface area contributed by atoms with Gasteiger partial charge in [0.15, 0.2) is 5.69 Å². The first-order chi connectivity index (χ1) is 10.6. The van der Waals surface area contributed by atoms with E-state index in [4.69, 9.17) is 4.74 Å². The molecule has 0 saturated carbocycles. The van der Waals surface area contributed by atoms with E-state index in [2.05, 4.69) is 25.8 Å². The van der Waals surface area contributed by atoms with Crippen LogP contribution in [0.5, 0.6) is 0 Å². The fourth-order valence-electron chi connectivity index (χ4n) is 2.69. The summed E-state index contributed by atoms with van der Waals surface area (Å²) >= 11 is 0. The molecular weight excluding hydrogens is 284 g/mol. The van der Waals surface area contributed by atoms with Gasteiger partial charge in [-0.3, -0.25) is 14.6 Å². The van der Waals surface area contributed by atoms with Gasteiger partial charge in [0.1, 0.15) is 5.69 Å². The zero-order valence-electron chi connectivity index (χ0n) is 13.0. The molecule has 3 rings (SSSR count). The molecular formula is C14H20N6O2. The van der Waals surface area contributed by atoms with Crippen LogP contribution in [-0.2, 0) is 24.2 Å². The summed E-state index contributed by atoms with van der Waals surface area (Å²) in [7, 11) is 0. The lowest BCUT2D eigenvalue weighted by Crippen LogP contribution is -2.27. The van der Waals surface area contributed by atoms with Crippen molar-refractivity contribution in [1.82, 2.24) is 30.5 Å². The number of hydrogen-bond donors (Lipinski definition) is 2. The summed E-state index contributed by atoms with van der Waals surface area (Å²) in [5, 5.41) is 17.9. The van der Waals surface area contributed by atoms with Gasteiger partial charge < -0.3 is 10.1 Å². The second kappa shape index (κ2) is 5.88. The lowest BCUT2D eigenvalue weighted by molar-refractivity contribution is -0.00697. The first kappa shape index (κ1) is 14.7. The Morgan fingerprint density at radius 1 is 1.55 bits per heavy atom. The topological polar surface area (TPSA) is 97.7 Å². The van der Waals surface area contributed by atoms with Crippen molar-refractivity contribution < 1.29 is 9.53 Å². The Labute approximate surface area is 128 Å². The number of nitrogens with one attached hydrogen (secondary N) is 2. The maximum Gasteiger partial charge on any atom is 0.272 e. The molecule has 2 atom stereocenters. The fraction of sp³-hybridized carbons (Fsp3) is 0.571. The van der Waals surface area contributed by atoms with Crippen molar-refractivity contribution in [3.05, 3.63) is 28.8 Å². The highest BCUT2D eigenvalue weighted by molar-refractivity contribution is 5.94. The molecule has 8 nitrogen and oxygen atoms in total. The van der Waals surface area contributed by atoms with Crippen LogP contribution >= 0.6 is 0 Å². The number of H-pyrrole nitrogens is 1. The number of aromatic amines is 1. The first-order valence-electron chi connectivity index (χ1n) is 7.48. The lowest BCUT2D eigenvalue weighted by atomic mass is 9.99. The molecule has 0 fully saturated rings. The molecule has 0 spiro atoms. The molecule has 0 bridgehead atoms. The molecule has 1 aliphatic heterocycles.